The number of rotatable bonds is 6. The summed E-state index contributed by atoms with van der Waals surface area (Å²) in [5.74, 6) is -0.725. The highest BCUT2D eigenvalue weighted by Gasteiger charge is 2.27. The lowest BCUT2D eigenvalue weighted by atomic mass is 9.85. The highest BCUT2D eigenvalue weighted by Crippen LogP contribution is 2.37. The Morgan fingerprint density at radius 1 is 1.19 bits per heavy atom. The number of nitrogens with two attached hydrogens (primary N) is 1. The number of carbonyl (C=O) groups excluding carboxylic acids is 1. The van der Waals surface area contributed by atoms with Gasteiger partial charge in [0.2, 0.25) is 0 Å². The number of fused-ring (bicyclic) bond motifs is 1. The molecule has 0 bridgehead atoms. The lowest BCUT2D eigenvalue weighted by Gasteiger charge is -2.32. The number of hydrogen-bond donors (Lipinski definition) is 3. The quantitative estimate of drug-likeness (QED) is 0.327. The van der Waals surface area contributed by atoms with Crippen LogP contribution >= 0.6 is 24.0 Å². The number of likely N-dealkylation sites (tertiary alicyclic amines) is 1. The van der Waals surface area contributed by atoms with Gasteiger partial charge in [0.05, 0.1) is 21.8 Å². The van der Waals surface area contributed by atoms with Gasteiger partial charge in [-0.3, -0.25) is 9.78 Å². The number of halogens is 3. The monoisotopic (exact) mass is 546 g/mol. The molecule has 1 atom stereocenters. The topological polar surface area (TPSA) is 91.5 Å². The summed E-state index contributed by atoms with van der Waals surface area (Å²) in [5.41, 5.74) is 9.40. The van der Waals surface area contributed by atoms with E-state index in [1.54, 1.807) is 13.1 Å². The molecule has 1 unspecified atom stereocenters. The van der Waals surface area contributed by atoms with Crippen molar-refractivity contribution in [2.75, 3.05) is 25.0 Å². The summed E-state index contributed by atoms with van der Waals surface area (Å²) < 4.78 is 14.2. The summed E-state index contributed by atoms with van der Waals surface area (Å²) >= 11 is 6.02. The van der Waals surface area contributed by atoms with Gasteiger partial charge in [-0.2, -0.15) is 0 Å². The number of aromatic nitrogens is 1. The summed E-state index contributed by atoms with van der Waals surface area (Å²) in [6.07, 6.45) is 7.06. The molecule has 2 aliphatic rings. The maximum absolute atomic E-state index is 14.2. The molecule has 0 radical (unpaired) electrons. The minimum Gasteiger partial charge on any atom is -0.504 e. The summed E-state index contributed by atoms with van der Waals surface area (Å²) in [6.45, 7) is 4.77. The van der Waals surface area contributed by atoms with Crippen molar-refractivity contribution in [3.63, 3.8) is 0 Å². The molecule has 2 aromatic carbocycles. The zero-order chi connectivity index (χ0) is 25.4. The van der Waals surface area contributed by atoms with Gasteiger partial charge >= 0.3 is 0 Å². The van der Waals surface area contributed by atoms with Crippen molar-refractivity contribution in [1.29, 1.82) is 0 Å². The fourth-order valence-electron chi connectivity index (χ4n) is 5.61. The molecule has 6 nitrogen and oxygen atoms in total. The van der Waals surface area contributed by atoms with Crippen LogP contribution in [0, 0.1) is 11.7 Å². The van der Waals surface area contributed by atoms with E-state index in [2.05, 4.69) is 15.2 Å². The molecule has 4 N–H and O–H groups in total. The Kier molecular flexibility index (Phi) is 8.59. The van der Waals surface area contributed by atoms with Crippen LogP contribution in [0.5, 0.6) is 5.75 Å². The third-order valence-corrected chi connectivity index (χ3v) is 7.91. The van der Waals surface area contributed by atoms with E-state index in [1.165, 1.54) is 12.1 Å². The van der Waals surface area contributed by atoms with Crippen molar-refractivity contribution in [2.24, 2.45) is 11.7 Å². The largest absolute Gasteiger partial charge is 0.504 e. The van der Waals surface area contributed by atoms with Crippen molar-refractivity contribution in [3.05, 3.63) is 52.9 Å². The Morgan fingerprint density at radius 2 is 1.95 bits per heavy atom. The number of benzene rings is 2. The lowest BCUT2D eigenvalue weighted by molar-refractivity contribution is 0.101. The Bertz CT molecular complexity index is 1270. The molecule has 198 valence electrons. The molecule has 1 aliphatic heterocycles. The first-order valence-corrected chi connectivity index (χ1v) is 13.0. The van der Waals surface area contributed by atoms with Crippen LogP contribution in [0.1, 0.15) is 49.4 Å². The van der Waals surface area contributed by atoms with Gasteiger partial charge < -0.3 is 21.1 Å². The van der Waals surface area contributed by atoms with Crippen molar-refractivity contribution in [2.45, 2.75) is 51.1 Å². The third-order valence-electron chi connectivity index (χ3n) is 7.62. The summed E-state index contributed by atoms with van der Waals surface area (Å²) in [5, 5.41) is 14.1. The molecule has 1 aliphatic carbocycles. The SMILES string of the molecule is CC(=O)c1cnc2ccc(-c3cc(F)c(O)c(Cl)c3)cc2c1NC1CCC(CN2CCC(N)C2)CC1.Cl. The Labute approximate surface area is 227 Å². The number of Topliss-reactive ketones (excluding diaryl/α,β-unsaturated/α-hetero) is 1. The molecule has 0 spiro atoms. The van der Waals surface area contributed by atoms with Gasteiger partial charge in [0.1, 0.15) is 0 Å². The van der Waals surface area contributed by atoms with Gasteiger partial charge in [0.25, 0.3) is 0 Å². The first kappa shape index (κ1) is 27.6. The first-order chi connectivity index (χ1) is 17.3. The predicted octanol–water partition coefficient (Wildman–Crippen LogP) is 6.03. The molecular formula is C28H33Cl2FN4O2. The van der Waals surface area contributed by atoms with Crippen molar-refractivity contribution < 1.29 is 14.3 Å². The minimum atomic E-state index is -0.778. The molecule has 2 heterocycles. The number of hydrogen-bond acceptors (Lipinski definition) is 6. The van der Waals surface area contributed by atoms with Crippen LogP contribution in [-0.2, 0) is 0 Å². The second-order valence-corrected chi connectivity index (χ2v) is 10.7. The third kappa shape index (κ3) is 6.01. The number of phenols is 1. The maximum Gasteiger partial charge on any atom is 0.170 e. The number of nitrogens with zero attached hydrogens (tertiary/aromatic N) is 2. The number of pyridine rings is 1. The van der Waals surface area contributed by atoms with Crippen LogP contribution in [0.25, 0.3) is 22.0 Å². The Morgan fingerprint density at radius 3 is 2.59 bits per heavy atom. The average Bonchev–Trinajstić information content (AvgIpc) is 3.27. The van der Waals surface area contributed by atoms with Crippen molar-refractivity contribution in [3.8, 4) is 16.9 Å². The van der Waals surface area contributed by atoms with Crippen LogP contribution in [0.2, 0.25) is 5.02 Å². The van der Waals surface area contributed by atoms with E-state index in [0.717, 1.165) is 73.9 Å². The van der Waals surface area contributed by atoms with E-state index in [-0.39, 0.29) is 29.3 Å². The van der Waals surface area contributed by atoms with Crippen molar-refractivity contribution >= 4 is 46.4 Å². The Balaban J connectivity index is 0.00000320. The van der Waals surface area contributed by atoms with E-state index in [9.17, 15) is 14.3 Å². The molecule has 1 saturated heterocycles. The number of ketones is 1. The molecule has 2 fully saturated rings. The first-order valence-electron chi connectivity index (χ1n) is 12.6. The van der Waals surface area contributed by atoms with Crippen LogP contribution in [0.15, 0.2) is 36.5 Å². The summed E-state index contributed by atoms with van der Waals surface area (Å²) in [6, 6.07) is 8.96. The number of nitrogens with one attached hydrogen (secondary N) is 1. The van der Waals surface area contributed by atoms with Crippen LogP contribution < -0.4 is 11.1 Å². The van der Waals surface area contributed by atoms with Crippen molar-refractivity contribution in [1.82, 2.24) is 9.88 Å². The predicted molar refractivity (Wildman–Crippen MR) is 149 cm³/mol. The fraction of sp³-hybridized carbons (Fsp3) is 0.429. The van der Waals surface area contributed by atoms with Gasteiger partial charge in [-0.25, -0.2) is 4.39 Å². The molecule has 5 rings (SSSR count). The standard InChI is InChI=1S/C28H32ClFN4O2.ClH/c1-16(35)23-13-32-26-7-4-18(19-11-24(29)28(36)25(30)12-19)10-22(26)27(23)33-21-5-2-17(3-6-21)14-34-9-8-20(31)15-34;/h4,7,10-13,17,20-21,36H,2-3,5-6,8-9,14-15,31H2,1H3,(H,32,33);1H. The molecule has 37 heavy (non-hydrogen) atoms. The number of carbonyl (C=O) groups is 1. The number of aromatic hydroxyl groups is 1. The molecular weight excluding hydrogens is 514 g/mol. The highest BCUT2D eigenvalue weighted by molar-refractivity contribution is 6.32. The van der Waals surface area contributed by atoms with E-state index >= 15 is 0 Å². The maximum atomic E-state index is 14.2. The van der Waals surface area contributed by atoms with E-state index in [1.807, 2.05) is 18.2 Å². The fourth-order valence-corrected chi connectivity index (χ4v) is 5.82. The van der Waals surface area contributed by atoms with Gasteiger partial charge in [0.15, 0.2) is 17.3 Å². The minimum absolute atomic E-state index is 0. The van der Waals surface area contributed by atoms with Gasteiger partial charge in [0, 0.05) is 36.8 Å². The molecule has 1 aromatic heterocycles. The normalized spacial score (nSPS) is 22.1. The van der Waals surface area contributed by atoms with E-state index in [0.29, 0.717) is 23.1 Å². The van der Waals surface area contributed by atoms with Crippen LogP contribution in [-0.4, -0.2) is 52.5 Å². The molecule has 0 amide bonds. The summed E-state index contributed by atoms with van der Waals surface area (Å²) in [4.78, 5) is 19.5. The lowest BCUT2D eigenvalue weighted by Crippen LogP contribution is -2.34. The highest BCUT2D eigenvalue weighted by atomic mass is 35.5. The van der Waals surface area contributed by atoms with Crippen LogP contribution in [0.4, 0.5) is 10.1 Å². The van der Waals surface area contributed by atoms with E-state index < -0.39 is 11.6 Å². The molecule has 1 saturated carbocycles. The average molecular weight is 548 g/mol. The van der Waals surface area contributed by atoms with Gasteiger partial charge in [-0.05, 0) is 86.9 Å². The number of phenolic OH excluding ortho intramolecular Hbond substituents is 1. The van der Waals surface area contributed by atoms with E-state index in [4.69, 9.17) is 17.3 Å². The second kappa shape index (κ2) is 11.5. The number of anilines is 1. The smallest absolute Gasteiger partial charge is 0.170 e. The molecule has 9 heteroatoms. The molecule has 3 aromatic rings. The van der Waals surface area contributed by atoms with Gasteiger partial charge in [-0.1, -0.05) is 17.7 Å². The zero-order valence-electron chi connectivity index (χ0n) is 20.8. The zero-order valence-corrected chi connectivity index (χ0v) is 22.4. The second-order valence-electron chi connectivity index (χ2n) is 10.3. The Hall–Kier alpha value is -2.45. The van der Waals surface area contributed by atoms with Gasteiger partial charge in [-0.15, -0.1) is 12.4 Å². The summed E-state index contributed by atoms with van der Waals surface area (Å²) in [7, 11) is 0. The van der Waals surface area contributed by atoms with Crippen LogP contribution in [0.3, 0.4) is 0 Å².